The van der Waals surface area contributed by atoms with Gasteiger partial charge in [-0.05, 0) is 12.3 Å². The van der Waals surface area contributed by atoms with Gasteiger partial charge < -0.3 is 10.4 Å². The number of hydrogen-bond acceptors (Lipinski definition) is 3. The van der Waals surface area contributed by atoms with Crippen molar-refractivity contribution in [3.05, 3.63) is 0 Å². The summed E-state index contributed by atoms with van der Waals surface area (Å²) in [4.78, 5) is 0. The molecule has 0 heterocycles. The molecular weight excluding hydrogens is 211 g/mol. The van der Waals surface area contributed by atoms with Gasteiger partial charge in [-0.1, -0.05) is 13.8 Å². The summed E-state index contributed by atoms with van der Waals surface area (Å²) in [5, 5.41) is 12.0. The van der Waals surface area contributed by atoms with Gasteiger partial charge in [0.05, 0.1) is 12.7 Å². The smallest absolute Gasteiger partial charge is 0.392 e. The Morgan fingerprint density at radius 2 is 1.93 bits per heavy atom. The average molecular weight is 229 g/mol. The van der Waals surface area contributed by atoms with Crippen molar-refractivity contribution in [2.45, 2.75) is 32.7 Å². The molecular formula is C9H18F3NO2. The Hall–Kier alpha value is -0.330. The maximum atomic E-state index is 11.5. The molecule has 0 bridgehead atoms. The van der Waals surface area contributed by atoms with E-state index in [0.29, 0.717) is 18.9 Å². The largest absolute Gasteiger partial charge is 0.522 e. The van der Waals surface area contributed by atoms with Crippen LogP contribution in [0.2, 0.25) is 0 Å². The van der Waals surface area contributed by atoms with E-state index in [1.165, 1.54) is 0 Å². The van der Waals surface area contributed by atoms with Crippen LogP contribution in [0.4, 0.5) is 13.2 Å². The predicted molar refractivity (Wildman–Crippen MR) is 50.3 cm³/mol. The van der Waals surface area contributed by atoms with Gasteiger partial charge in [0.25, 0.3) is 0 Å². The number of nitrogens with one attached hydrogen (secondary N) is 1. The summed E-state index contributed by atoms with van der Waals surface area (Å²) in [6, 6.07) is 0. The minimum Gasteiger partial charge on any atom is -0.392 e. The van der Waals surface area contributed by atoms with E-state index >= 15 is 0 Å². The van der Waals surface area contributed by atoms with Gasteiger partial charge in [0.2, 0.25) is 0 Å². The predicted octanol–water partition coefficient (Wildman–Crippen LogP) is 1.52. The average Bonchev–Trinajstić information content (AvgIpc) is 1.99. The number of hydrogen-bond donors (Lipinski definition) is 2. The molecule has 6 heteroatoms. The highest BCUT2D eigenvalue weighted by Crippen LogP contribution is 2.15. The van der Waals surface area contributed by atoms with Crippen molar-refractivity contribution in [1.82, 2.24) is 5.32 Å². The molecule has 0 saturated heterocycles. The Morgan fingerprint density at radius 3 is 2.40 bits per heavy atom. The number of halogens is 3. The van der Waals surface area contributed by atoms with Gasteiger partial charge in [0.15, 0.2) is 0 Å². The normalized spacial score (nSPS) is 14.6. The summed E-state index contributed by atoms with van der Waals surface area (Å²) in [6.07, 6.45) is -4.46. The molecule has 3 nitrogen and oxygen atoms in total. The highest BCUT2D eigenvalue weighted by Gasteiger charge is 2.28. The summed E-state index contributed by atoms with van der Waals surface area (Å²) >= 11 is 0. The van der Waals surface area contributed by atoms with Gasteiger partial charge in [-0.25, -0.2) is 0 Å². The lowest BCUT2D eigenvalue weighted by Gasteiger charge is -2.14. The number of alkyl halides is 3. The van der Waals surface area contributed by atoms with Crippen molar-refractivity contribution in [1.29, 1.82) is 0 Å². The van der Waals surface area contributed by atoms with Gasteiger partial charge in [-0.3, -0.25) is 4.74 Å². The quantitative estimate of drug-likeness (QED) is 0.650. The first kappa shape index (κ1) is 14.7. The number of rotatable bonds is 7. The van der Waals surface area contributed by atoms with Crippen LogP contribution in [-0.4, -0.2) is 37.3 Å². The third kappa shape index (κ3) is 11.6. The molecule has 92 valence electrons. The summed E-state index contributed by atoms with van der Waals surface area (Å²) in [5.41, 5.74) is 0. The Balaban J connectivity index is 3.31. The van der Waals surface area contributed by atoms with Gasteiger partial charge in [0, 0.05) is 13.1 Å². The van der Waals surface area contributed by atoms with Crippen LogP contribution in [0.25, 0.3) is 0 Å². The van der Waals surface area contributed by atoms with E-state index in [4.69, 9.17) is 0 Å². The van der Waals surface area contributed by atoms with Crippen molar-refractivity contribution in [3.8, 4) is 0 Å². The fourth-order valence-electron chi connectivity index (χ4n) is 1.14. The highest BCUT2D eigenvalue weighted by atomic mass is 19.4. The van der Waals surface area contributed by atoms with Crippen LogP contribution in [0.1, 0.15) is 20.3 Å². The topological polar surface area (TPSA) is 41.5 Å². The molecule has 0 saturated carbocycles. The molecule has 2 N–H and O–H groups in total. The molecule has 0 aliphatic heterocycles. The summed E-state index contributed by atoms with van der Waals surface area (Å²) < 4.78 is 38.1. The second-order valence-electron chi connectivity index (χ2n) is 3.78. The molecule has 1 atom stereocenters. The van der Waals surface area contributed by atoms with Crippen molar-refractivity contribution in [2.75, 3.05) is 19.7 Å². The lowest BCUT2D eigenvalue weighted by molar-refractivity contribution is -0.323. The molecule has 15 heavy (non-hydrogen) atoms. The van der Waals surface area contributed by atoms with Crippen LogP contribution in [0.15, 0.2) is 0 Å². The summed E-state index contributed by atoms with van der Waals surface area (Å²) in [7, 11) is 0. The second kappa shape index (κ2) is 7.03. The molecule has 0 aliphatic rings. The molecule has 1 unspecified atom stereocenters. The molecule has 0 aromatic carbocycles. The van der Waals surface area contributed by atoms with Gasteiger partial charge in [0.1, 0.15) is 0 Å². The van der Waals surface area contributed by atoms with E-state index in [-0.39, 0.29) is 6.54 Å². The fourth-order valence-corrected chi connectivity index (χ4v) is 1.14. The lowest BCUT2D eigenvalue weighted by atomic mass is 10.1. The third-order valence-electron chi connectivity index (χ3n) is 1.67. The van der Waals surface area contributed by atoms with Crippen LogP contribution in [-0.2, 0) is 4.74 Å². The number of ether oxygens (including phenoxy) is 1. The molecule has 0 fully saturated rings. The summed E-state index contributed by atoms with van der Waals surface area (Å²) in [5.74, 6) is 0.369. The Labute approximate surface area is 87.6 Å². The fraction of sp³-hybridized carbons (Fsp3) is 1.00. The van der Waals surface area contributed by atoms with Gasteiger partial charge in [-0.2, -0.15) is 0 Å². The van der Waals surface area contributed by atoms with E-state index in [9.17, 15) is 18.3 Å². The Kier molecular flexibility index (Phi) is 6.87. The maximum Gasteiger partial charge on any atom is 0.522 e. The summed E-state index contributed by atoms with van der Waals surface area (Å²) in [6.45, 7) is 3.87. The standard InChI is InChI=1S/C9H18F3NO2/c1-7(2)5-8(14)6-13-3-4-15-9(10,11)12/h7-8,13-14H,3-6H2,1-2H3. The molecule has 0 rings (SSSR count). The van der Waals surface area contributed by atoms with Crippen molar-refractivity contribution in [2.24, 2.45) is 5.92 Å². The van der Waals surface area contributed by atoms with E-state index in [0.717, 1.165) is 0 Å². The van der Waals surface area contributed by atoms with Gasteiger partial charge in [-0.15, -0.1) is 13.2 Å². The maximum absolute atomic E-state index is 11.5. The van der Waals surface area contributed by atoms with Crippen LogP contribution in [0.3, 0.4) is 0 Å². The molecule has 0 aromatic rings. The zero-order valence-electron chi connectivity index (χ0n) is 8.97. The number of aliphatic hydroxyl groups excluding tert-OH is 1. The van der Waals surface area contributed by atoms with E-state index < -0.39 is 19.1 Å². The third-order valence-corrected chi connectivity index (χ3v) is 1.67. The van der Waals surface area contributed by atoms with Crippen molar-refractivity contribution in [3.63, 3.8) is 0 Å². The van der Waals surface area contributed by atoms with Gasteiger partial charge >= 0.3 is 6.36 Å². The van der Waals surface area contributed by atoms with Crippen molar-refractivity contribution >= 4 is 0 Å². The van der Waals surface area contributed by atoms with E-state index in [1.807, 2.05) is 13.8 Å². The molecule has 0 spiro atoms. The van der Waals surface area contributed by atoms with Crippen LogP contribution in [0, 0.1) is 5.92 Å². The highest BCUT2D eigenvalue weighted by molar-refractivity contribution is 4.61. The molecule has 0 aliphatic carbocycles. The second-order valence-corrected chi connectivity index (χ2v) is 3.78. The minimum atomic E-state index is -4.57. The molecule has 0 amide bonds. The molecule has 0 radical (unpaired) electrons. The lowest BCUT2D eigenvalue weighted by Crippen LogP contribution is -2.31. The van der Waals surface area contributed by atoms with Crippen LogP contribution < -0.4 is 5.32 Å². The van der Waals surface area contributed by atoms with Crippen LogP contribution >= 0.6 is 0 Å². The van der Waals surface area contributed by atoms with E-state index in [1.54, 1.807) is 0 Å². The monoisotopic (exact) mass is 229 g/mol. The van der Waals surface area contributed by atoms with E-state index in [2.05, 4.69) is 10.1 Å². The minimum absolute atomic E-state index is 0.0780. The van der Waals surface area contributed by atoms with Crippen LogP contribution in [0.5, 0.6) is 0 Å². The zero-order chi connectivity index (χ0) is 11.9. The first-order valence-corrected chi connectivity index (χ1v) is 4.90. The molecule has 0 aromatic heterocycles. The van der Waals surface area contributed by atoms with Crippen molar-refractivity contribution < 1.29 is 23.0 Å². The Bertz CT molecular complexity index is 162. The number of aliphatic hydroxyl groups is 1. The first-order valence-electron chi connectivity index (χ1n) is 4.90. The first-order chi connectivity index (χ1) is 6.81. The zero-order valence-corrected chi connectivity index (χ0v) is 8.97. The Morgan fingerprint density at radius 1 is 1.33 bits per heavy atom. The SMILES string of the molecule is CC(C)CC(O)CNCCOC(F)(F)F.